The van der Waals surface area contributed by atoms with Crippen LogP contribution in [-0.2, 0) is 4.79 Å². The van der Waals surface area contributed by atoms with Gasteiger partial charge in [0.25, 0.3) is 11.4 Å². The Morgan fingerprint density at radius 1 is 1.00 bits per heavy atom. The van der Waals surface area contributed by atoms with Gasteiger partial charge in [-0.05, 0) is 18.2 Å². The maximum Gasteiger partial charge on any atom is 0.337 e. The predicted octanol–water partition coefficient (Wildman–Crippen LogP) is 2.89. The summed E-state index contributed by atoms with van der Waals surface area (Å²) in [6.45, 7) is 1.10. The molecule has 0 radical (unpaired) electrons. The lowest BCUT2D eigenvalue weighted by molar-refractivity contribution is -0.393. The molecule has 0 saturated heterocycles. The van der Waals surface area contributed by atoms with Crippen LogP contribution in [0.4, 0.5) is 22.7 Å². The van der Waals surface area contributed by atoms with Crippen LogP contribution in [-0.4, -0.2) is 26.8 Å². The van der Waals surface area contributed by atoms with E-state index >= 15 is 0 Å². The second kappa shape index (κ2) is 6.74. The highest BCUT2D eigenvalue weighted by molar-refractivity contribution is 6.07. The van der Waals surface area contributed by atoms with Gasteiger partial charge in [-0.25, -0.2) is 4.79 Å². The molecular weight excluding hydrogens is 334 g/mol. The number of carboxylic acid groups (broad SMARTS) is 1. The van der Waals surface area contributed by atoms with E-state index in [-0.39, 0.29) is 16.9 Å². The molecule has 0 spiro atoms. The van der Waals surface area contributed by atoms with Gasteiger partial charge in [-0.15, -0.1) is 0 Å². The molecule has 0 fully saturated rings. The third-order valence-corrected chi connectivity index (χ3v) is 3.30. The fourth-order valence-corrected chi connectivity index (χ4v) is 2.28. The minimum Gasteiger partial charge on any atom is -0.478 e. The first-order valence-electron chi connectivity index (χ1n) is 6.80. The molecule has 0 unspecified atom stereocenters. The van der Waals surface area contributed by atoms with Crippen molar-refractivity contribution in [3.63, 3.8) is 0 Å². The average Bonchev–Trinajstić information content (AvgIpc) is 2.54. The fraction of sp³-hybridized carbons (Fsp3) is 0.0667. The molecule has 0 aliphatic heterocycles. The van der Waals surface area contributed by atoms with Crippen molar-refractivity contribution in [2.24, 2.45) is 0 Å². The van der Waals surface area contributed by atoms with E-state index in [2.05, 4.69) is 0 Å². The van der Waals surface area contributed by atoms with Crippen LogP contribution in [0.3, 0.4) is 0 Å². The first kappa shape index (κ1) is 17.5. The van der Waals surface area contributed by atoms with Crippen molar-refractivity contribution in [2.75, 3.05) is 4.90 Å². The summed E-state index contributed by atoms with van der Waals surface area (Å²) >= 11 is 0. The second-order valence-corrected chi connectivity index (χ2v) is 4.86. The van der Waals surface area contributed by atoms with Gasteiger partial charge in [0.05, 0.1) is 27.2 Å². The SMILES string of the molecule is CC(=O)N(c1ccccc1C(=O)O)c1ccc([N+](=O)[O-])cc1[N+](=O)[O-]. The normalized spacial score (nSPS) is 10.1. The molecule has 0 aliphatic carbocycles. The van der Waals surface area contributed by atoms with E-state index in [0.29, 0.717) is 6.07 Å². The number of amides is 1. The van der Waals surface area contributed by atoms with Gasteiger partial charge in [0.2, 0.25) is 5.91 Å². The topological polar surface area (TPSA) is 144 Å². The zero-order chi connectivity index (χ0) is 18.7. The van der Waals surface area contributed by atoms with Gasteiger partial charge in [0.15, 0.2) is 0 Å². The summed E-state index contributed by atoms with van der Waals surface area (Å²) in [5.41, 5.74) is -1.81. The number of benzene rings is 2. The van der Waals surface area contributed by atoms with Crippen molar-refractivity contribution in [3.8, 4) is 0 Å². The van der Waals surface area contributed by atoms with Crippen molar-refractivity contribution >= 4 is 34.6 Å². The molecule has 2 rings (SSSR count). The van der Waals surface area contributed by atoms with E-state index < -0.39 is 33.1 Å². The summed E-state index contributed by atoms with van der Waals surface area (Å²) in [6, 6.07) is 8.22. The van der Waals surface area contributed by atoms with E-state index in [1.807, 2.05) is 0 Å². The Bertz CT molecular complexity index is 894. The number of anilines is 2. The highest BCUT2D eigenvalue weighted by atomic mass is 16.6. The minimum atomic E-state index is -1.33. The van der Waals surface area contributed by atoms with Crippen LogP contribution in [0.2, 0.25) is 0 Å². The molecule has 25 heavy (non-hydrogen) atoms. The van der Waals surface area contributed by atoms with Crippen molar-refractivity contribution in [1.82, 2.24) is 0 Å². The van der Waals surface area contributed by atoms with Gasteiger partial charge < -0.3 is 5.11 Å². The van der Waals surface area contributed by atoms with E-state index in [4.69, 9.17) is 0 Å². The quantitative estimate of drug-likeness (QED) is 0.648. The molecule has 1 amide bonds. The molecule has 0 bridgehead atoms. The summed E-state index contributed by atoms with van der Waals surface area (Å²) in [4.78, 5) is 44.8. The Hall–Kier alpha value is -3.82. The largest absolute Gasteiger partial charge is 0.478 e. The number of rotatable bonds is 5. The van der Waals surface area contributed by atoms with Gasteiger partial charge in [-0.3, -0.25) is 29.9 Å². The highest BCUT2D eigenvalue weighted by Gasteiger charge is 2.29. The van der Waals surface area contributed by atoms with Crippen LogP contribution in [0.5, 0.6) is 0 Å². The van der Waals surface area contributed by atoms with Crippen LogP contribution >= 0.6 is 0 Å². The maximum absolute atomic E-state index is 12.1. The van der Waals surface area contributed by atoms with Crippen molar-refractivity contribution in [2.45, 2.75) is 6.92 Å². The monoisotopic (exact) mass is 345 g/mol. The number of para-hydroxylation sites is 1. The molecular formula is C15H11N3O7. The maximum atomic E-state index is 12.1. The van der Waals surface area contributed by atoms with Gasteiger partial charge in [-0.1, -0.05) is 12.1 Å². The number of hydrogen-bond acceptors (Lipinski definition) is 6. The molecule has 1 N–H and O–H groups in total. The van der Waals surface area contributed by atoms with Gasteiger partial charge in [0, 0.05) is 13.0 Å². The summed E-state index contributed by atoms with van der Waals surface area (Å²) < 4.78 is 0. The molecule has 0 atom stereocenters. The van der Waals surface area contributed by atoms with Gasteiger partial charge in [0.1, 0.15) is 5.69 Å². The van der Waals surface area contributed by atoms with Gasteiger partial charge >= 0.3 is 5.97 Å². The summed E-state index contributed by atoms with van der Waals surface area (Å²) in [5.74, 6) is -2.02. The van der Waals surface area contributed by atoms with E-state index in [1.165, 1.54) is 24.3 Å². The number of nitro groups is 2. The van der Waals surface area contributed by atoms with Crippen LogP contribution in [0.25, 0.3) is 0 Å². The lowest BCUT2D eigenvalue weighted by Gasteiger charge is -2.22. The molecule has 2 aromatic carbocycles. The highest BCUT2D eigenvalue weighted by Crippen LogP contribution is 2.37. The Balaban J connectivity index is 2.75. The first-order valence-corrected chi connectivity index (χ1v) is 6.80. The number of nitrogens with zero attached hydrogens (tertiary/aromatic N) is 3. The zero-order valence-electron chi connectivity index (χ0n) is 12.8. The number of nitro benzene ring substituents is 2. The molecule has 0 heterocycles. The van der Waals surface area contributed by atoms with Crippen LogP contribution < -0.4 is 4.90 Å². The number of aromatic carboxylic acids is 1. The molecule has 2 aromatic rings. The van der Waals surface area contributed by atoms with Crippen molar-refractivity contribution < 1.29 is 24.5 Å². The van der Waals surface area contributed by atoms with Crippen molar-refractivity contribution in [3.05, 3.63) is 68.3 Å². The van der Waals surface area contributed by atoms with E-state index in [0.717, 1.165) is 24.0 Å². The predicted molar refractivity (Wildman–Crippen MR) is 86.0 cm³/mol. The Kier molecular flexibility index (Phi) is 4.73. The number of non-ortho nitro benzene ring substituents is 1. The molecule has 0 aliphatic rings. The third-order valence-electron chi connectivity index (χ3n) is 3.30. The minimum absolute atomic E-state index is 0.0838. The molecule has 128 valence electrons. The van der Waals surface area contributed by atoms with Crippen LogP contribution in [0.15, 0.2) is 42.5 Å². The fourth-order valence-electron chi connectivity index (χ4n) is 2.28. The second-order valence-electron chi connectivity index (χ2n) is 4.86. The van der Waals surface area contributed by atoms with Crippen LogP contribution in [0.1, 0.15) is 17.3 Å². The summed E-state index contributed by atoms with van der Waals surface area (Å²) in [7, 11) is 0. The average molecular weight is 345 g/mol. The lowest BCUT2D eigenvalue weighted by atomic mass is 10.1. The number of carboxylic acids is 1. The lowest BCUT2D eigenvalue weighted by Crippen LogP contribution is -2.25. The molecule has 0 aromatic heterocycles. The van der Waals surface area contributed by atoms with E-state index in [9.17, 15) is 34.9 Å². The summed E-state index contributed by atoms with van der Waals surface area (Å²) in [5, 5.41) is 31.4. The Morgan fingerprint density at radius 2 is 1.64 bits per heavy atom. The number of hydrogen-bond donors (Lipinski definition) is 1. The molecule has 0 saturated carbocycles. The van der Waals surface area contributed by atoms with E-state index in [1.54, 1.807) is 0 Å². The Morgan fingerprint density at radius 3 is 2.16 bits per heavy atom. The summed E-state index contributed by atoms with van der Waals surface area (Å²) in [6.07, 6.45) is 0. The number of carbonyl (C=O) groups excluding carboxylic acids is 1. The standard InChI is InChI=1S/C15H11N3O7/c1-9(19)16(12-5-3-2-4-11(12)15(20)21)13-7-6-10(17(22)23)8-14(13)18(24)25/h2-8H,1H3,(H,20,21). The zero-order valence-corrected chi connectivity index (χ0v) is 12.8. The molecule has 10 heteroatoms. The third kappa shape index (κ3) is 3.42. The van der Waals surface area contributed by atoms with Gasteiger partial charge in [-0.2, -0.15) is 0 Å². The van der Waals surface area contributed by atoms with Crippen molar-refractivity contribution in [1.29, 1.82) is 0 Å². The van der Waals surface area contributed by atoms with Crippen LogP contribution in [0, 0.1) is 20.2 Å². The Labute approximate surface area is 140 Å². The smallest absolute Gasteiger partial charge is 0.337 e. The first-order chi connectivity index (χ1) is 11.7. The molecule has 10 nitrogen and oxygen atoms in total. The number of carbonyl (C=O) groups is 2.